The first-order valence-electron chi connectivity index (χ1n) is 12.1. The van der Waals surface area contributed by atoms with Crippen molar-refractivity contribution in [1.29, 1.82) is 0 Å². The number of fused-ring (bicyclic) bond motifs is 1. The van der Waals surface area contributed by atoms with Gasteiger partial charge in [0.15, 0.2) is 5.13 Å². The number of ether oxygens (including phenoxy) is 1. The number of amides is 1. The molecule has 1 heterocycles. The van der Waals surface area contributed by atoms with E-state index in [9.17, 15) is 9.90 Å². The molecule has 3 rings (SSSR count). The Balaban J connectivity index is 1.56. The number of thiazole rings is 1. The summed E-state index contributed by atoms with van der Waals surface area (Å²) < 4.78 is 6.53. The maximum Gasteiger partial charge on any atom is 0.407 e. The normalized spacial score (nSPS) is 14.5. The van der Waals surface area contributed by atoms with Crippen molar-refractivity contribution >= 4 is 32.8 Å². The van der Waals surface area contributed by atoms with Crippen molar-refractivity contribution in [1.82, 2.24) is 15.6 Å². The molecule has 35 heavy (non-hydrogen) atoms. The van der Waals surface area contributed by atoms with Crippen LogP contribution in [-0.4, -0.2) is 47.0 Å². The molecule has 0 aliphatic carbocycles. The highest BCUT2D eigenvalue weighted by atomic mass is 32.1. The molecule has 5 N–H and O–H groups in total. The van der Waals surface area contributed by atoms with Gasteiger partial charge in [-0.05, 0) is 81.8 Å². The Morgan fingerprint density at radius 2 is 1.89 bits per heavy atom. The molecule has 7 nitrogen and oxygen atoms in total. The lowest BCUT2D eigenvalue weighted by molar-refractivity contribution is 0.0422. The third kappa shape index (κ3) is 8.49. The summed E-state index contributed by atoms with van der Waals surface area (Å²) in [5.74, 6) is 0.348. The predicted molar refractivity (Wildman–Crippen MR) is 144 cm³/mol. The average molecular weight is 499 g/mol. The highest BCUT2D eigenvalue weighted by Gasteiger charge is 2.25. The molecular weight excluding hydrogens is 460 g/mol. The monoisotopic (exact) mass is 498 g/mol. The molecule has 0 aliphatic heterocycles. The Morgan fingerprint density at radius 1 is 1.17 bits per heavy atom. The first kappa shape index (κ1) is 26.9. The number of carbonyl (C=O) groups excluding carboxylic acids is 1. The summed E-state index contributed by atoms with van der Waals surface area (Å²) in [6.45, 7) is 10.9. The highest BCUT2D eigenvalue weighted by molar-refractivity contribution is 7.22. The first-order valence-corrected chi connectivity index (χ1v) is 12.9. The fraction of sp³-hybridized carbons (Fsp3) is 0.481. The number of nitrogens with one attached hydrogen (secondary N) is 2. The maximum absolute atomic E-state index is 12.4. The molecule has 8 heteroatoms. The van der Waals surface area contributed by atoms with E-state index in [-0.39, 0.29) is 0 Å². The standard InChI is InChI=1S/C27H38N4O3S/c1-17(11-20-14-22-24(12-18(20)2)35-25(28)30-22)15-29-16-23(32)21(13-19-9-7-6-8-10-19)31-26(33)34-27(3,4)5/h6-10,12,14,17,21,23,29,32H,11,13,15-16H2,1-5H3,(H2,28,30)(H,31,33)/t17?,21-,23+/m0/s1. The summed E-state index contributed by atoms with van der Waals surface area (Å²) in [6, 6.07) is 13.6. The second kappa shape index (κ2) is 11.8. The number of anilines is 1. The average Bonchev–Trinajstić information content (AvgIpc) is 3.11. The van der Waals surface area contributed by atoms with Gasteiger partial charge in [-0.25, -0.2) is 9.78 Å². The van der Waals surface area contributed by atoms with E-state index in [1.165, 1.54) is 22.5 Å². The summed E-state index contributed by atoms with van der Waals surface area (Å²) in [7, 11) is 0. The number of benzene rings is 2. The van der Waals surface area contributed by atoms with E-state index < -0.39 is 23.8 Å². The van der Waals surface area contributed by atoms with E-state index in [1.54, 1.807) is 0 Å². The lowest BCUT2D eigenvalue weighted by atomic mass is 9.96. The maximum atomic E-state index is 12.4. The fourth-order valence-electron chi connectivity index (χ4n) is 4.03. The van der Waals surface area contributed by atoms with Gasteiger partial charge in [-0.2, -0.15) is 0 Å². The lowest BCUT2D eigenvalue weighted by Crippen LogP contribution is -2.50. The van der Waals surface area contributed by atoms with Crippen molar-refractivity contribution < 1.29 is 14.6 Å². The Morgan fingerprint density at radius 3 is 2.57 bits per heavy atom. The first-order chi connectivity index (χ1) is 16.5. The summed E-state index contributed by atoms with van der Waals surface area (Å²) in [4.78, 5) is 16.8. The lowest BCUT2D eigenvalue weighted by Gasteiger charge is -2.27. The molecule has 2 aromatic carbocycles. The summed E-state index contributed by atoms with van der Waals surface area (Å²) >= 11 is 1.51. The van der Waals surface area contributed by atoms with Gasteiger partial charge in [0.1, 0.15) is 5.60 Å². The number of hydrogen-bond donors (Lipinski definition) is 4. The Kier molecular flexibility index (Phi) is 9.10. The van der Waals surface area contributed by atoms with Crippen molar-refractivity contribution in [3.8, 4) is 0 Å². The van der Waals surface area contributed by atoms with Crippen LogP contribution in [-0.2, 0) is 17.6 Å². The second-order valence-electron chi connectivity index (χ2n) is 10.3. The number of nitrogen functional groups attached to an aromatic ring is 1. The molecule has 0 fully saturated rings. The predicted octanol–water partition coefficient (Wildman–Crippen LogP) is 4.45. The molecule has 0 saturated carbocycles. The molecule has 190 valence electrons. The van der Waals surface area contributed by atoms with Gasteiger partial charge in [0, 0.05) is 6.54 Å². The molecule has 1 amide bonds. The van der Waals surface area contributed by atoms with Gasteiger partial charge in [-0.15, -0.1) is 0 Å². The molecule has 0 spiro atoms. The van der Waals surface area contributed by atoms with Gasteiger partial charge in [-0.3, -0.25) is 0 Å². The van der Waals surface area contributed by atoms with E-state index in [4.69, 9.17) is 10.5 Å². The number of rotatable bonds is 10. The van der Waals surface area contributed by atoms with Gasteiger partial charge in [0.05, 0.1) is 22.4 Å². The van der Waals surface area contributed by atoms with Crippen LogP contribution in [0.15, 0.2) is 42.5 Å². The molecule has 0 radical (unpaired) electrons. The van der Waals surface area contributed by atoms with Gasteiger partial charge >= 0.3 is 6.09 Å². The van der Waals surface area contributed by atoms with Gasteiger partial charge < -0.3 is 26.2 Å². The topological polar surface area (TPSA) is 110 Å². The van der Waals surface area contributed by atoms with Crippen molar-refractivity contribution in [2.24, 2.45) is 5.92 Å². The van der Waals surface area contributed by atoms with E-state index in [0.717, 1.165) is 28.7 Å². The van der Waals surface area contributed by atoms with Gasteiger partial charge in [0.2, 0.25) is 0 Å². The van der Waals surface area contributed by atoms with E-state index in [1.807, 2.05) is 51.1 Å². The van der Waals surface area contributed by atoms with Crippen LogP contribution < -0.4 is 16.4 Å². The zero-order valence-corrected chi connectivity index (χ0v) is 22.1. The van der Waals surface area contributed by atoms with Crippen molar-refractivity contribution in [3.63, 3.8) is 0 Å². The van der Waals surface area contributed by atoms with Crippen LogP contribution in [0.3, 0.4) is 0 Å². The van der Waals surface area contributed by atoms with E-state index in [2.05, 4.69) is 41.6 Å². The van der Waals surface area contributed by atoms with Crippen molar-refractivity contribution in [2.75, 3.05) is 18.8 Å². The van der Waals surface area contributed by atoms with Crippen molar-refractivity contribution in [2.45, 2.75) is 65.2 Å². The number of aliphatic hydroxyl groups excluding tert-OH is 1. The van der Waals surface area contributed by atoms with Gasteiger partial charge in [0.25, 0.3) is 0 Å². The Bertz CT molecular complexity index is 1110. The number of carbonyl (C=O) groups is 1. The minimum atomic E-state index is -0.772. The van der Waals surface area contributed by atoms with Crippen LogP contribution >= 0.6 is 11.3 Å². The fourth-order valence-corrected chi connectivity index (χ4v) is 4.85. The van der Waals surface area contributed by atoms with Crippen LogP contribution in [0.2, 0.25) is 0 Å². The van der Waals surface area contributed by atoms with Crippen LogP contribution in [0.5, 0.6) is 0 Å². The molecular formula is C27H38N4O3S. The molecule has 0 saturated heterocycles. The minimum Gasteiger partial charge on any atom is -0.444 e. The zero-order valence-electron chi connectivity index (χ0n) is 21.3. The smallest absolute Gasteiger partial charge is 0.407 e. The number of aliphatic hydroxyl groups is 1. The second-order valence-corrected chi connectivity index (χ2v) is 11.3. The highest BCUT2D eigenvalue weighted by Crippen LogP contribution is 2.27. The quantitative estimate of drug-likeness (QED) is 0.329. The number of aromatic nitrogens is 1. The molecule has 1 unspecified atom stereocenters. The van der Waals surface area contributed by atoms with E-state index >= 15 is 0 Å². The summed E-state index contributed by atoms with van der Waals surface area (Å²) in [6.07, 6.45) is 0.103. The third-order valence-corrected chi connectivity index (χ3v) is 6.59. The Hall–Kier alpha value is -2.68. The number of alkyl carbamates (subject to hydrolysis) is 1. The molecule has 1 aromatic heterocycles. The molecule has 3 atom stereocenters. The van der Waals surface area contributed by atoms with Gasteiger partial charge in [-0.1, -0.05) is 48.6 Å². The SMILES string of the molecule is Cc1cc2sc(N)nc2cc1CC(C)CNC[C@@H](O)[C@H](Cc1ccccc1)NC(=O)OC(C)(C)C. The number of nitrogens with zero attached hydrogens (tertiary/aromatic N) is 1. The number of aryl methyl sites for hydroxylation is 1. The molecule has 0 aliphatic rings. The summed E-state index contributed by atoms with van der Waals surface area (Å²) in [5, 5.41) is 17.8. The van der Waals surface area contributed by atoms with Crippen LogP contribution in [0.25, 0.3) is 10.2 Å². The number of nitrogens with two attached hydrogens (primary N) is 1. The molecule has 3 aromatic rings. The third-order valence-electron chi connectivity index (χ3n) is 5.74. The van der Waals surface area contributed by atoms with Crippen LogP contribution in [0, 0.1) is 12.8 Å². The van der Waals surface area contributed by atoms with Crippen molar-refractivity contribution in [3.05, 3.63) is 59.2 Å². The van der Waals surface area contributed by atoms with Crippen LogP contribution in [0.4, 0.5) is 9.93 Å². The summed E-state index contributed by atoms with van der Waals surface area (Å²) in [5.41, 5.74) is 9.72. The number of hydrogen-bond acceptors (Lipinski definition) is 7. The Labute approximate surface area is 212 Å². The molecule has 0 bridgehead atoms. The van der Waals surface area contributed by atoms with Crippen LogP contribution in [0.1, 0.15) is 44.4 Å². The zero-order chi connectivity index (χ0) is 25.6. The minimum absolute atomic E-state index is 0.348. The van der Waals surface area contributed by atoms with E-state index in [0.29, 0.717) is 24.0 Å². The largest absolute Gasteiger partial charge is 0.444 e.